The fourth-order valence-corrected chi connectivity index (χ4v) is 2.94. The van der Waals surface area contributed by atoms with Gasteiger partial charge in [-0.3, -0.25) is 9.59 Å². The first kappa shape index (κ1) is 22.0. The van der Waals surface area contributed by atoms with Gasteiger partial charge in [0.25, 0.3) is 0 Å². The largest absolute Gasteiger partial charge is 0.497 e. The van der Waals surface area contributed by atoms with Crippen LogP contribution in [0.5, 0.6) is 5.75 Å². The zero-order chi connectivity index (χ0) is 21.9. The zero-order valence-electron chi connectivity index (χ0n) is 15.8. The summed E-state index contributed by atoms with van der Waals surface area (Å²) in [7, 11) is 2.49. The molecule has 1 aromatic heterocycles. The van der Waals surface area contributed by atoms with Gasteiger partial charge in [-0.25, -0.2) is 4.79 Å². The third-order valence-electron chi connectivity index (χ3n) is 4.20. The van der Waals surface area contributed by atoms with E-state index in [9.17, 15) is 32.7 Å². The minimum absolute atomic E-state index is 0.0323. The number of carboxylic acid groups (broad SMARTS) is 1. The standard InChI is InChI=1S/C19H18F3NO6/c1-4-29-13(24)9-12-14(18(26)27)15(19(20,21)22)16(23(12)2)17(25)10-5-7-11(28-3)8-6-10/h5-8H,4,9H2,1-3H3,(H,26,27). The van der Waals surface area contributed by atoms with Gasteiger partial charge in [0.15, 0.2) is 0 Å². The summed E-state index contributed by atoms with van der Waals surface area (Å²) in [5.41, 5.74) is -4.20. The van der Waals surface area contributed by atoms with Gasteiger partial charge >= 0.3 is 18.1 Å². The molecule has 7 nitrogen and oxygen atoms in total. The van der Waals surface area contributed by atoms with E-state index in [0.29, 0.717) is 5.75 Å². The first-order valence-electron chi connectivity index (χ1n) is 8.39. The van der Waals surface area contributed by atoms with Crippen molar-refractivity contribution in [1.29, 1.82) is 0 Å². The Morgan fingerprint density at radius 3 is 2.17 bits per heavy atom. The van der Waals surface area contributed by atoms with Crippen LogP contribution in [0.2, 0.25) is 0 Å². The number of ether oxygens (including phenoxy) is 2. The number of hydrogen-bond donors (Lipinski definition) is 1. The van der Waals surface area contributed by atoms with Crippen molar-refractivity contribution >= 4 is 17.7 Å². The summed E-state index contributed by atoms with van der Waals surface area (Å²) in [6, 6.07) is 5.31. The second kappa shape index (κ2) is 8.38. The molecule has 1 heterocycles. The second-order valence-corrected chi connectivity index (χ2v) is 5.95. The number of carboxylic acids is 1. The van der Waals surface area contributed by atoms with Gasteiger partial charge in [0.1, 0.15) is 11.4 Å². The van der Waals surface area contributed by atoms with Crippen LogP contribution in [0.3, 0.4) is 0 Å². The van der Waals surface area contributed by atoms with Gasteiger partial charge in [-0.15, -0.1) is 0 Å². The van der Waals surface area contributed by atoms with E-state index < -0.39 is 52.8 Å². The Bertz CT molecular complexity index is 944. The van der Waals surface area contributed by atoms with Crippen molar-refractivity contribution in [3.05, 3.63) is 52.3 Å². The van der Waals surface area contributed by atoms with Gasteiger partial charge in [0.05, 0.1) is 31.3 Å². The third kappa shape index (κ3) is 4.41. The monoisotopic (exact) mass is 413 g/mol. The number of carbonyl (C=O) groups excluding carboxylic acids is 2. The van der Waals surface area contributed by atoms with Gasteiger partial charge in [0.2, 0.25) is 5.78 Å². The van der Waals surface area contributed by atoms with Crippen LogP contribution in [0.15, 0.2) is 24.3 Å². The minimum atomic E-state index is -5.14. The topological polar surface area (TPSA) is 94.8 Å². The number of benzene rings is 1. The molecular weight excluding hydrogens is 395 g/mol. The summed E-state index contributed by atoms with van der Waals surface area (Å²) in [4.78, 5) is 36.3. The van der Waals surface area contributed by atoms with E-state index in [1.807, 2.05) is 0 Å². The molecule has 0 fully saturated rings. The molecule has 0 aliphatic heterocycles. The van der Waals surface area contributed by atoms with Gasteiger partial charge in [-0.1, -0.05) is 0 Å². The lowest BCUT2D eigenvalue weighted by Crippen LogP contribution is -2.17. The fraction of sp³-hybridized carbons (Fsp3) is 0.316. The lowest BCUT2D eigenvalue weighted by Gasteiger charge is -2.11. The van der Waals surface area contributed by atoms with Gasteiger partial charge < -0.3 is 19.1 Å². The molecule has 0 spiro atoms. The van der Waals surface area contributed by atoms with Crippen LogP contribution in [0.25, 0.3) is 0 Å². The molecule has 0 atom stereocenters. The maximum atomic E-state index is 13.8. The molecule has 29 heavy (non-hydrogen) atoms. The molecule has 10 heteroatoms. The number of halogens is 3. The van der Waals surface area contributed by atoms with Gasteiger partial charge in [-0.05, 0) is 31.2 Å². The predicted molar refractivity (Wildman–Crippen MR) is 94.1 cm³/mol. The number of rotatable bonds is 7. The van der Waals surface area contributed by atoms with E-state index in [-0.39, 0.29) is 12.2 Å². The molecule has 1 aromatic carbocycles. The van der Waals surface area contributed by atoms with Crippen molar-refractivity contribution in [2.45, 2.75) is 19.5 Å². The van der Waals surface area contributed by atoms with E-state index in [1.54, 1.807) is 0 Å². The summed E-state index contributed by atoms with van der Waals surface area (Å²) < 4.78 is 51.8. The maximum absolute atomic E-state index is 13.8. The molecule has 2 aromatic rings. The number of alkyl halides is 3. The number of esters is 1. The van der Waals surface area contributed by atoms with Crippen LogP contribution >= 0.6 is 0 Å². The summed E-state index contributed by atoms with van der Waals surface area (Å²) >= 11 is 0. The zero-order valence-corrected chi connectivity index (χ0v) is 15.8. The Morgan fingerprint density at radius 1 is 1.14 bits per heavy atom. The van der Waals surface area contributed by atoms with Crippen LogP contribution in [-0.4, -0.2) is 41.1 Å². The van der Waals surface area contributed by atoms with Crippen LogP contribution in [-0.2, 0) is 29.2 Å². The average Bonchev–Trinajstić information content (AvgIpc) is 2.94. The Hall–Kier alpha value is -3.30. The van der Waals surface area contributed by atoms with E-state index in [0.717, 1.165) is 11.6 Å². The van der Waals surface area contributed by atoms with Gasteiger partial charge in [-0.2, -0.15) is 13.2 Å². The number of nitrogens with zero attached hydrogens (tertiary/aromatic N) is 1. The van der Waals surface area contributed by atoms with Crippen LogP contribution in [0.1, 0.15) is 44.6 Å². The molecule has 0 unspecified atom stereocenters. The molecule has 0 radical (unpaired) electrons. The Labute approximate surface area is 163 Å². The van der Waals surface area contributed by atoms with E-state index in [1.165, 1.54) is 38.3 Å². The number of hydrogen-bond acceptors (Lipinski definition) is 5. The summed E-state index contributed by atoms with van der Waals surface area (Å²) in [6.45, 7) is 1.47. The lowest BCUT2D eigenvalue weighted by molar-refractivity contribution is -0.142. The Balaban J connectivity index is 2.73. The number of carbonyl (C=O) groups is 3. The SMILES string of the molecule is CCOC(=O)Cc1c(C(=O)O)c(C(F)(F)F)c(C(=O)c2ccc(OC)cc2)n1C. The molecule has 156 valence electrons. The first-order chi connectivity index (χ1) is 13.5. The Morgan fingerprint density at radius 2 is 1.72 bits per heavy atom. The van der Waals surface area contributed by atoms with E-state index >= 15 is 0 Å². The molecule has 0 bridgehead atoms. The number of aromatic carboxylic acids is 1. The average molecular weight is 413 g/mol. The predicted octanol–water partition coefficient (Wildman–Crippen LogP) is 3.09. The third-order valence-corrected chi connectivity index (χ3v) is 4.20. The number of methoxy groups -OCH3 is 1. The van der Waals surface area contributed by atoms with E-state index in [4.69, 9.17) is 9.47 Å². The quantitative estimate of drug-likeness (QED) is 0.554. The molecule has 0 saturated carbocycles. The van der Waals surface area contributed by atoms with Crippen molar-refractivity contribution < 1.29 is 42.1 Å². The smallest absolute Gasteiger partial charge is 0.419 e. The fourth-order valence-electron chi connectivity index (χ4n) is 2.94. The molecule has 1 N–H and O–H groups in total. The second-order valence-electron chi connectivity index (χ2n) is 5.95. The van der Waals surface area contributed by atoms with Crippen molar-refractivity contribution in [2.24, 2.45) is 7.05 Å². The maximum Gasteiger partial charge on any atom is 0.419 e. The van der Waals surface area contributed by atoms with Crippen LogP contribution in [0.4, 0.5) is 13.2 Å². The molecule has 2 rings (SSSR count). The highest BCUT2D eigenvalue weighted by Gasteiger charge is 2.45. The van der Waals surface area contributed by atoms with Crippen molar-refractivity contribution in [3.8, 4) is 5.75 Å². The van der Waals surface area contributed by atoms with Crippen molar-refractivity contribution in [1.82, 2.24) is 4.57 Å². The lowest BCUT2D eigenvalue weighted by atomic mass is 10.0. The number of aromatic nitrogens is 1. The summed E-state index contributed by atoms with van der Waals surface area (Å²) in [6.07, 6.45) is -5.87. The molecule has 0 aliphatic rings. The molecule has 0 amide bonds. The van der Waals surface area contributed by atoms with Crippen molar-refractivity contribution in [3.63, 3.8) is 0 Å². The highest BCUT2D eigenvalue weighted by molar-refractivity contribution is 6.11. The summed E-state index contributed by atoms with van der Waals surface area (Å²) in [5.74, 6) is -3.47. The highest BCUT2D eigenvalue weighted by atomic mass is 19.4. The Kier molecular flexibility index (Phi) is 6.35. The van der Waals surface area contributed by atoms with Crippen molar-refractivity contribution in [2.75, 3.05) is 13.7 Å². The van der Waals surface area contributed by atoms with Crippen LogP contribution < -0.4 is 4.74 Å². The first-order valence-corrected chi connectivity index (χ1v) is 8.39. The highest BCUT2D eigenvalue weighted by Crippen LogP contribution is 2.39. The number of ketones is 1. The van der Waals surface area contributed by atoms with E-state index in [2.05, 4.69) is 0 Å². The minimum Gasteiger partial charge on any atom is -0.497 e. The normalized spacial score (nSPS) is 11.2. The summed E-state index contributed by atoms with van der Waals surface area (Å²) in [5, 5.41) is 9.42. The van der Waals surface area contributed by atoms with Gasteiger partial charge in [0, 0.05) is 18.3 Å². The van der Waals surface area contributed by atoms with Crippen LogP contribution in [0, 0.1) is 0 Å². The molecular formula is C19H18F3NO6. The molecule has 0 aliphatic carbocycles. The molecule has 0 saturated heterocycles.